The second-order valence-corrected chi connectivity index (χ2v) is 25.9. The summed E-state index contributed by atoms with van der Waals surface area (Å²) in [6, 6.07) is 0. The third kappa shape index (κ3) is 6.84. The second kappa shape index (κ2) is 11.5. The smallest absolute Gasteiger partial charge is 0.192 e. The van der Waals surface area contributed by atoms with Gasteiger partial charge in [-0.25, -0.2) is 0 Å². The maximum atomic E-state index is 11.7. The molecule has 3 nitrogen and oxygen atoms in total. The van der Waals surface area contributed by atoms with Gasteiger partial charge in [-0.15, -0.1) is 0 Å². The largest absolute Gasteiger partial charge is 0.413 e. The van der Waals surface area contributed by atoms with Gasteiger partial charge >= 0.3 is 0 Å². The van der Waals surface area contributed by atoms with Gasteiger partial charge in [-0.3, -0.25) is 0 Å². The van der Waals surface area contributed by atoms with Gasteiger partial charge in [-0.1, -0.05) is 79.7 Å². The van der Waals surface area contributed by atoms with Crippen LogP contribution >= 0.6 is 0 Å². The minimum atomic E-state index is -1.97. The van der Waals surface area contributed by atoms with Gasteiger partial charge in [0.25, 0.3) is 0 Å². The molecule has 0 aromatic carbocycles. The highest BCUT2D eigenvalue weighted by Gasteiger charge is 2.51. The summed E-state index contributed by atoms with van der Waals surface area (Å²) in [6.07, 6.45) is 14.0. The monoisotopic (exact) mass is 572 g/mol. The Morgan fingerprint density at radius 3 is 2.13 bits per heavy atom. The van der Waals surface area contributed by atoms with E-state index in [0.29, 0.717) is 11.8 Å². The lowest BCUT2D eigenvalue weighted by Gasteiger charge is -2.45. The Labute approximate surface area is 243 Å². The van der Waals surface area contributed by atoms with Crippen LogP contribution in [0.15, 0.2) is 35.5 Å². The third-order valence-corrected chi connectivity index (χ3v) is 20.6. The summed E-state index contributed by atoms with van der Waals surface area (Å²) in [5.74, 6) is 1.24. The van der Waals surface area contributed by atoms with E-state index in [9.17, 15) is 4.79 Å². The average molecular weight is 573 g/mol. The molecule has 222 valence electrons. The van der Waals surface area contributed by atoms with Crippen molar-refractivity contribution in [2.75, 3.05) is 0 Å². The zero-order valence-corrected chi connectivity index (χ0v) is 29.5. The number of carbonyl (C=O) groups excluding carboxylic acids is 1. The van der Waals surface area contributed by atoms with Crippen LogP contribution in [0.1, 0.15) is 100 Å². The number of allylic oxidation sites excluding steroid dienone is 3. The van der Waals surface area contributed by atoms with E-state index in [1.54, 1.807) is 5.57 Å². The summed E-state index contributed by atoms with van der Waals surface area (Å²) >= 11 is 0. The predicted octanol–water partition coefficient (Wildman–Crippen LogP) is 10.0. The molecule has 0 amide bonds. The van der Waals surface area contributed by atoms with Gasteiger partial charge < -0.3 is 13.6 Å². The summed E-state index contributed by atoms with van der Waals surface area (Å²) < 4.78 is 14.0. The van der Waals surface area contributed by atoms with Gasteiger partial charge in [0.05, 0.1) is 12.2 Å². The Balaban J connectivity index is 1.93. The molecular formula is C34H60O3Si2. The van der Waals surface area contributed by atoms with Crippen molar-refractivity contribution in [2.45, 2.75) is 149 Å². The molecule has 0 heterocycles. The minimum absolute atomic E-state index is 0.0139. The molecule has 0 aromatic heterocycles. The molecule has 0 radical (unpaired) electrons. The first-order valence-corrected chi connectivity index (χ1v) is 21.4. The van der Waals surface area contributed by atoms with Crippen molar-refractivity contribution in [1.29, 1.82) is 0 Å². The molecule has 5 heteroatoms. The van der Waals surface area contributed by atoms with Crippen molar-refractivity contribution < 1.29 is 13.6 Å². The number of hydrogen-bond acceptors (Lipinski definition) is 3. The van der Waals surface area contributed by atoms with Crippen LogP contribution in [0, 0.1) is 23.2 Å². The topological polar surface area (TPSA) is 35.5 Å². The van der Waals surface area contributed by atoms with Crippen molar-refractivity contribution in [3.63, 3.8) is 0 Å². The Morgan fingerprint density at radius 1 is 0.974 bits per heavy atom. The standard InChI is InChI=1S/C34H60O3Si2/c1-24(23-35)29-18-19-30-26(15-14-20-34(29,30)9)16-17-27-21-28(36-38(10,11)32(3,4)5)22-31(25(27)2)37-39(12,13)33(6,7)8/h16-17,23-24,28-31H,2,14-15,18-22H2,1,3-13H3/b26-16+,27-17+/t24?,28-,29+,30-,31-,34+/m0/s1. The van der Waals surface area contributed by atoms with Crippen LogP contribution in [0.3, 0.4) is 0 Å². The Kier molecular flexibility index (Phi) is 9.65. The van der Waals surface area contributed by atoms with Crippen LogP contribution in [-0.4, -0.2) is 35.1 Å². The molecule has 0 aliphatic heterocycles. The molecular weight excluding hydrogens is 513 g/mol. The van der Waals surface area contributed by atoms with Crippen molar-refractivity contribution >= 4 is 22.9 Å². The Hall–Kier alpha value is -0.756. The highest BCUT2D eigenvalue weighted by molar-refractivity contribution is 6.74. The van der Waals surface area contributed by atoms with Crippen LogP contribution in [0.25, 0.3) is 0 Å². The average Bonchev–Trinajstić information content (AvgIpc) is 3.15. The van der Waals surface area contributed by atoms with Crippen LogP contribution in [0.5, 0.6) is 0 Å². The van der Waals surface area contributed by atoms with E-state index in [4.69, 9.17) is 8.85 Å². The lowest BCUT2D eigenvalue weighted by molar-refractivity contribution is -0.113. The first-order valence-electron chi connectivity index (χ1n) is 15.6. The lowest BCUT2D eigenvalue weighted by atomic mass is 9.61. The zero-order chi connectivity index (χ0) is 29.6. The molecule has 3 aliphatic carbocycles. The van der Waals surface area contributed by atoms with Crippen LogP contribution in [0.4, 0.5) is 0 Å². The molecule has 0 N–H and O–H groups in total. The van der Waals surface area contributed by atoms with Gasteiger partial charge in [0, 0.05) is 12.3 Å². The molecule has 3 aliphatic rings. The highest BCUT2D eigenvalue weighted by atomic mass is 28.4. The van der Waals surface area contributed by atoms with E-state index in [1.165, 1.54) is 44.0 Å². The van der Waals surface area contributed by atoms with Gasteiger partial charge in [0.2, 0.25) is 0 Å². The van der Waals surface area contributed by atoms with Crippen molar-refractivity contribution in [1.82, 2.24) is 0 Å². The maximum Gasteiger partial charge on any atom is 0.192 e. The summed E-state index contributed by atoms with van der Waals surface area (Å²) in [6.45, 7) is 32.6. The number of rotatable bonds is 7. The maximum absolute atomic E-state index is 11.7. The molecule has 3 rings (SSSR count). The molecule has 39 heavy (non-hydrogen) atoms. The van der Waals surface area contributed by atoms with Crippen molar-refractivity contribution in [3.05, 3.63) is 35.5 Å². The SMILES string of the molecule is C=C1/C(=C/C=C2\CCC[C@]3(C)[C@@H](C(C)C=O)CC[C@@H]23)C[C@H](O[Si](C)(C)C(C)(C)C)C[C@@H]1O[Si](C)(C)C(C)(C)C. The lowest BCUT2D eigenvalue weighted by Crippen LogP contribution is -2.49. The molecule has 3 fully saturated rings. The van der Waals surface area contributed by atoms with Gasteiger partial charge in [-0.05, 0) is 103 Å². The Morgan fingerprint density at radius 2 is 1.56 bits per heavy atom. The quantitative estimate of drug-likeness (QED) is 0.225. The van der Waals surface area contributed by atoms with Crippen molar-refractivity contribution in [3.8, 4) is 0 Å². The summed E-state index contributed by atoms with van der Waals surface area (Å²) in [7, 11) is -3.89. The van der Waals surface area contributed by atoms with Crippen LogP contribution < -0.4 is 0 Å². The van der Waals surface area contributed by atoms with Gasteiger partial charge in [-0.2, -0.15) is 0 Å². The summed E-state index contributed by atoms with van der Waals surface area (Å²) in [4.78, 5) is 11.7. The van der Waals surface area contributed by atoms with Gasteiger partial charge in [0.15, 0.2) is 16.6 Å². The summed E-state index contributed by atoms with van der Waals surface area (Å²) in [5.41, 5.74) is 4.29. The number of aldehydes is 1. The minimum Gasteiger partial charge on any atom is -0.413 e. The molecule has 0 bridgehead atoms. The van der Waals surface area contributed by atoms with E-state index in [2.05, 4.69) is 100 Å². The van der Waals surface area contributed by atoms with Crippen LogP contribution in [-0.2, 0) is 13.6 Å². The fraction of sp³-hybridized carbons (Fsp3) is 0.794. The first-order chi connectivity index (χ1) is 17.7. The molecule has 3 saturated carbocycles. The first kappa shape index (κ1) is 32.8. The summed E-state index contributed by atoms with van der Waals surface area (Å²) in [5, 5.41) is 0.323. The van der Waals surface area contributed by atoms with E-state index < -0.39 is 16.6 Å². The Bertz CT molecular complexity index is 977. The van der Waals surface area contributed by atoms with E-state index in [1.807, 2.05) is 0 Å². The molecule has 0 saturated heterocycles. The van der Waals surface area contributed by atoms with E-state index >= 15 is 0 Å². The number of hydrogen-bond donors (Lipinski definition) is 0. The number of fused-ring (bicyclic) bond motifs is 1. The molecule has 0 spiro atoms. The fourth-order valence-corrected chi connectivity index (χ4v) is 9.67. The van der Waals surface area contributed by atoms with E-state index in [-0.39, 0.29) is 33.6 Å². The van der Waals surface area contributed by atoms with Crippen LogP contribution in [0.2, 0.25) is 36.3 Å². The van der Waals surface area contributed by atoms with Gasteiger partial charge in [0.1, 0.15) is 6.29 Å². The number of carbonyl (C=O) groups is 1. The molecule has 1 unspecified atom stereocenters. The highest BCUT2D eigenvalue weighted by Crippen LogP contribution is 2.59. The zero-order valence-electron chi connectivity index (χ0n) is 27.5. The van der Waals surface area contributed by atoms with E-state index in [0.717, 1.165) is 18.4 Å². The van der Waals surface area contributed by atoms with Crippen molar-refractivity contribution in [2.24, 2.45) is 23.2 Å². The second-order valence-electron chi connectivity index (χ2n) is 16.4. The molecule has 6 atom stereocenters. The predicted molar refractivity (Wildman–Crippen MR) is 172 cm³/mol. The third-order valence-electron chi connectivity index (χ3n) is 11.6. The fourth-order valence-electron chi connectivity index (χ4n) is 7.00. The molecule has 0 aromatic rings. The normalized spacial score (nSPS) is 33.9.